The van der Waals surface area contributed by atoms with Crippen LogP contribution in [0.25, 0.3) is 5.69 Å². The number of benzene rings is 1. The van der Waals surface area contributed by atoms with Crippen LogP contribution in [0.3, 0.4) is 0 Å². The molecule has 206 valence electrons. The van der Waals surface area contributed by atoms with Gasteiger partial charge in [-0.3, -0.25) is 19.6 Å². The number of anilines is 1. The number of amides is 3. The Hall–Kier alpha value is -3.28. The maximum Gasteiger partial charge on any atom is 0.354 e. The van der Waals surface area contributed by atoms with Gasteiger partial charge in [-0.15, -0.1) is 0 Å². The number of nitrogens with one attached hydrogen (secondary N) is 1. The molecule has 2 saturated heterocycles. The summed E-state index contributed by atoms with van der Waals surface area (Å²) in [4.78, 5) is 47.5. The molecule has 3 heterocycles. The maximum absolute atomic E-state index is 12.7. The van der Waals surface area contributed by atoms with E-state index in [-0.39, 0.29) is 23.8 Å². The summed E-state index contributed by atoms with van der Waals surface area (Å²) in [5.41, 5.74) is 12.6. The van der Waals surface area contributed by atoms with Gasteiger partial charge in [-0.25, -0.2) is 9.59 Å². The van der Waals surface area contributed by atoms with Gasteiger partial charge in [-0.2, -0.15) is 4.98 Å². The molecule has 3 amide bonds. The molecule has 2 aromatic rings. The number of urea groups is 1. The molecule has 4 rings (SSSR count). The van der Waals surface area contributed by atoms with Crippen LogP contribution >= 0.6 is 0 Å². The van der Waals surface area contributed by atoms with Gasteiger partial charge in [0.05, 0.1) is 11.2 Å². The molecule has 1 aromatic heterocycles. The second-order valence-corrected chi connectivity index (χ2v) is 10.9. The number of hydrogen-bond donors (Lipinski definition) is 3. The molecule has 0 bridgehead atoms. The molecule has 38 heavy (non-hydrogen) atoms. The summed E-state index contributed by atoms with van der Waals surface area (Å²) in [6.45, 7) is 9.96. The van der Waals surface area contributed by atoms with E-state index in [1.165, 1.54) is 10.1 Å². The van der Waals surface area contributed by atoms with E-state index in [1.807, 2.05) is 24.3 Å². The Bertz CT molecular complexity index is 1180. The van der Waals surface area contributed by atoms with Gasteiger partial charge in [0.25, 0.3) is 0 Å². The minimum Gasteiger partial charge on any atom is -0.338 e. The number of hydrogen-bond acceptors (Lipinski definition) is 7. The maximum atomic E-state index is 12.7. The average molecular weight is 525 g/mol. The van der Waals surface area contributed by atoms with E-state index >= 15 is 0 Å². The SMILES string of the molecule is CC[C@H]1CN(Cc2ccc(-n3ccc(NC(=O)N4CCN(C(=O)C(C)(C)N)CC4)nc3=O)cc2)CC[C@@H]1N. The first-order chi connectivity index (χ1) is 18.0. The van der Waals surface area contributed by atoms with Crippen molar-refractivity contribution in [3.63, 3.8) is 0 Å². The van der Waals surface area contributed by atoms with Crippen LogP contribution in [0.5, 0.6) is 0 Å². The summed E-state index contributed by atoms with van der Waals surface area (Å²) in [6, 6.07) is 9.41. The van der Waals surface area contributed by atoms with Crippen LogP contribution in [-0.2, 0) is 11.3 Å². The van der Waals surface area contributed by atoms with Crippen molar-refractivity contribution in [1.29, 1.82) is 0 Å². The molecular weight excluding hydrogens is 484 g/mol. The van der Waals surface area contributed by atoms with Crippen LogP contribution in [0.1, 0.15) is 39.2 Å². The number of nitrogens with two attached hydrogens (primary N) is 2. The fourth-order valence-electron chi connectivity index (χ4n) is 5.10. The summed E-state index contributed by atoms with van der Waals surface area (Å²) >= 11 is 0. The first-order valence-corrected chi connectivity index (χ1v) is 13.4. The molecule has 0 radical (unpaired) electrons. The third-order valence-electron chi connectivity index (χ3n) is 7.47. The predicted molar refractivity (Wildman–Crippen MR) is 147 cm³/mol. The van der Waals surface area contributed by atoms with Gasteiger partial charge in [-0.05, 0) is 56.5 Å². The lowest BCUT2D eigenvalue weighted by atomic mass is 9.90. The monoisotopic (exact) mass is 524 g/mol. The van der Waals surface area contributed by atoms with Gasteiger partial charge in [-0.1, -0.05) is 25.5 Å². The smallest absolute Gasteiger partial charge is 0.338 e. The number of nitrogens with zero attached hydrogens (tertiary/aromatic N) is 5. The number of piperidine rings is 1. The van der Waals surface area contributed by atoms with Crippen LogP contribution in [0, 0.1) is 5.92 Å². The van der Waals surface area contributed by atoms with Crippen LogP contribution < -0.4 is 22.5 Å². The number of carbonyl (C=O) groups excluding carboxylic acids is 2. The Kier molecular flexibility index (Phi) is 8.49. The van der Waals surface area contributed by atoms with Crippen LogP contribution in [0.2, 0.25) is 0 Å². The quantitative estimate of drug-likeness (QED) is 0.515. The van der Waals surface area contributed by atoms with E-state index in [0.29, 0.717) is 37.8 Å². The van der Waals surface area contributed by atoms with Crippen molar-refractivity contribution in [3.8, 4) is 5.69 Å². The predicted octanol–water partition coefficient (Wildman–Crippen LogP) is 1.21. The van der Waals surface area contributed by atoms with Gasteiger partial charge in [0.2, 0.25) is 5.91 Å². The molecule has 1 aromatic carbocycles. The number of carbonyl (C=O) groups is 2. The molecule has 2 atom stereocenters. The minimum atomic E-state index is -0.946. The van der Waals surface area contributed by atoms with E-state index in [1.54, 1.807) is 35.9 Å². The third-order valence-corrected chi connectivity index (χ3v) is 7.47. The van der Waals surface area contributed by atoms with Crippen molar-refractivity contribution >= 4 is 17.8 Å². The van der Waals surface area contributed by atoms with Gasteiger partial charge in [0.1, 0.15) is 5.82 Å². The number of likely N-dealkylation sites (tertiary alicyclic amines) is 1. The highest BCUT2D eigenvalue weighted by Gasteiger charge is 2.31. The standard InChI is InChI=1S/C27H40N8O3/c1-4-20-18-32(11-9-22(20)28)17-19-5-7-21(8-6-19)35-12-10-23(31-26(35)38)30-25(37)34-15-13-33(14-16-34)24(36)27(2,3)29/h5-8,10,12,20,22H,4,9,11,13-18,28-29H2,1-3H3,(H,30,31,37,38)/t20-,22-/m0/s1. The lowest BCUT2D eigenvalue weighted by molar-refractivity contribution is -0.137. The fraction of sp³-hybridized carbons (Fsp3) is 0.556. The van der Waals surface area contributed by atoms with Gasteiger partial charge < -0.3 is 21.3 Å². The molecule has 0 aliphatic carbocycles. The minimum absolute atomic E-state index is 0.141. The topological polar surface area (TPSA) is 143 Å². The van der Waals surface area contributed by atoms with Crippen molar-refractivity contribution in [2.24, 2.45) is 17.4 Å². The molecule has 11 nitrogen and oxygen atoms in total. The Morgan fingerprint density at radius 1 is 1.05 bits per heavy atom. The van der Waals surface area contributed by atoms with Crippen molar-refractivity contribution in [3.05, 3.63) is 52.6 Å². The number of rotatable bonds is 6. The van der Waals surface area contributed by atoms with E-state index < -0.39 is 11.2 Å². The normalized spacial score (nSPS) is 20.9. The first kappa shape index (κ1) is 27.7. The zero-order valence-corrected chi connectivity index (χ0v) is 22.6. The van der Waals surface area contributed by atoms with Crippen molar-refractivity contribution < 1.29 is 9.59 Å². The Morgan fingerprint density at radius 2 is 1.71 bits per heavy atom. The number of piperazine rings is 1. The van der Waals surface area contributed by atoms with Crippen molar-refractivity contribution in [2.75, 3.05) is 44.6 Å². The molecule has 2 aliphatic heterocycles. The zero-order valence-electron chi connectivity index (χ0n) is 22.6. The highest BCUT2D eigenvalue weighted by atomic mass is 16.2. The summed E-state index contributed by atoms with van der Waals surface area (Å²) in [7, 11) is 0. The van der Waals surface area contributed by atoms with E-state index in [2.05, 4.69) is 22.1 Å². The summed E-state index contributed by atoms with van der Waals surface area (Å²) in [5, 5.41) is 2.69. The van der Waals surface area contributed by atoms with Crippen LogP contribution in [-0.4, -0.2) is 87.0 Å². The van der Waals surface area contributed by atoms with E-state index in [4.69, 9.17) is 11.5 Å². The lowest BCUT2D eigenvalue weighted by Gasteiger charge is -2.37. The first-order valence-electron chi connectivity index (χ1n) is 13.4. The highest BCUT2D eigenvalue weighted by Crippen LogP contribution is 2.21. The molecular formula is C27H40N8O3. The Morgan fingerprint density at radius 3 is 2.32 bits per heavy atom. The molecule has 2 fully saturated rings. The fourth-order valence-corrected chi connectivity index (χ4v) is 5.10. The van der Waals surface area contributed by atoms with E-state index in [9.17, 15) is 14.4 Å². The molecule has 0 unspecified atom stereocenters. The lowest BCUT2D eigenvalue weighted by Crippen LogP contribution is -2.58. The second-order valence-electron chi connectivity index (χ2n) is 10.9. The molecule has 2 aliphatic rings. The molecule has 5 N–H and O–H groups in total. The van der Waals surface area contributed by atoms with Gasteiger partial charge >= 0.3 is 11.7 Å². The van der Waals surface area contributed by atoms with Crippen LogP contribution in [0.4, 0.5) is 10.6 Å². The molecule has 0 spiro atoms. The van der Waals surface area contributed by atoms with Crippen molar-refractivity contribution in [2.45, 2.75) is 51.7 Å². The molecule has 0 saturated carbocycles. The summed E-state index contributed by atoms with van der Waals surface area (Å²) in [5.74, 6) is 0.574. The summed E-state index contributed by atoms with van der Waals surface area (Å²) < 4.78 is 1.45. The second kappa shape index (κ2) is 11.6. The average Bonchev–Trinajstić information content (AvgIpc) is 2.89. The van der Waals surface area contributed by atoms with Gasteiger partial charge in [0, 0.05) is 51.5 Å². The van der Waals surface area contributed by atoms with E-state index in [0.717, 1.165) is 32.5 Å². The van der Waals surface area contributed by atoms with Crippen LogP contribution in [0.15, 0.2) is 41.3 Å². The Balaban J connectivity index is 1.32. The molecule has 11 heteroatoms. The summed E-state index contributed by atoms with van der Waals surface area (Å²) in [6.07, 6.45) is 3.72. The highest BCUT2D eigenvalue weighted by molar-refractivity contribution is 5.89. The third kappa shape index (κ3) is 6.58. The number of aromatic nitrogens is 2. The largest absolute Gasteiger partial charge is 0.354 e. The zero-order chi connectivity index (χ0) is 27.4. The Labute approximate surface area is 223 Å². The van der Waals surface area contributed by atoms with Crippen molar-refractivity contribution in [1.82, 2.24) is 24.3 Å². The van der Waals surface area contributed by atoms with Gasteiger partial charge in [0.15, 0.2) is 0 Å².